The molecule has 0 radical (unpaired) electrons. The number of unbranched alkanes of at least 4 members (excludes halogenated alkanes) is 2. The van der Waals surface area contributed by atoms with E-state index in [1.54, 1.807) is 11.9 Å². The van der Waals surface area contributed by atoms with Gasteiger partial charge < -0.3 is 15.0 Å². The lowest BCUT2D eigenvalue weighted by atomic mass is 10.2. The number of likely N-dealkylation sites (tertiary alicyclic amines) is 1. The van der Waals surface area contributed by atoms with Crippen LogP contribution in [0.1, 0.15) is 59.3 Å². The maximum Gasteiger partial charge on any atom is 0.407 e. The first-order valence-electron chi connectivity index (χ1n) is 9.67. The molecule has 148 valence electrons. The first-order chi connectivity index (χ1) is 12.3. The number of nitrogens with one attached hydrogen (secondary N) is 1. The number of nitrogens with zero attached hydrogens (tertiary/aromatic N) is 2. The summed E-state index contributed by atoms with van der Waals surface area (Å²) in [5.74, 6) is 6.37. The molecule has 0 bridgehead atoms. The van der Waals surface area contributed by atoms with Crippen molar-refractivity contribution in [3.63, 3.8) is 0 Å². The van der Waals surface area contributed by atoms with Crippen LogP contribution in [0.2, 0.25) is 0 Å². The third-order valence-corrected chi connectivity index (χ3v) is 4.10. The normalized spacial score (nSPS) is 14.5. The highest BCUT2D eigenvalue weighted by Gasteiger charge is 2.15. The zero-order chi connectivity index (χ0) is 19.4. The van der Waals surface area contributed by atoms with Gasteiger partial charge in [-0.05, 0) is 59.5 Å². The van der Waals surface area contributed by atoms with Crippen LogP contribution in [0.5, 0.6) is 0 Å². The SMILES string of the molecule is CN(CC#CCN1CCCC1)C(=O)CCCCCNC(=O)OC(C)(C)C. The van der Waals surface area contributed by atoms with Gasteiger partial charge in [0.25, 0.3) is 0 Å². The van der Waals surface area contributed by atoms with E-state index in [0.29, 0.717) is 19.5 Å². The van der Waals surface area contributed by atoms with E-state index in [9.17, 15) is 9.59 Å². The molecule has 0 aromatic carbocycles. The molecule has 1 saturated heterocycles. The van der Waals surface area contributed by atoms with Crippen LogP contribution in [0, 0.1) is 11.8 Å². The molecular weight excluding hydrogens is 330 g/mol. The largest absolute Gasteiger partial charge is 0.444 e. The Kier molecular flexibility index (Phi) is 10.1. The molecular formula is C20H35N3O3. The zero-order valence-corrected chi connectivity index (χ0v) is 16.9. The van der Waals surface area contributed by atoms with Gasteiger partial charge in [0.15, 0.2) is 0 Å². The number of carbonyl (C=O) groups is 2. The Labute approximate surface area is 158 Å². The molecule has 2 amide bonds. The summed E-state index contributed by atoms with van der Waals surface area (Å²) < 4.78 is 5.17. The van der Waals surface area contributed by atoms with E-state index in [-0.39, 0.29) is 12.0 Å². The summed E-state index contributed by atoms with van der Waals surface area (Å²) in [4.78, 5) is 27.6. The fourth-order valence-electron chi connectivity index (χ4n) is 2.64. The van der Waals surface area contributed by atoms with Gasteiger partial charge in [-0.3, -0.25) is 9.69 Å². The van der Waals surface area contributed by atoms with Crippen molar-refractivity contribution in [2.45, 2.75) is 64.9 Å². The molecule has 0 aromatic heterocycles. The van der Waals surface area contributed by atoms with Crippen LogP contribution in [0.4, 0.5) is 4.79 Å². The maximum absolute atomic E-state index is 12.0. The van der Waals surface area contributed by atoms with Crippen molar-refractivity contribution < 1.29 is 14.3 Å². The first-order valence-corrected chi connectivity index (χ1v) is 9.67. The van der Waals surface area contributed by atoms with Crippen molar-refractivity contribution in [1.82, 2.24) is 15.1 Å². The van der Waals surface area contributed by atoms with Gasteiger partial charge in [0.2, 0.25) is 5.91 Å². The summed E-state index contributed by atoms with van der Waals surface area (Å²) >= 11 is 0. The molecule has 6 heteroatoms. The predicted octanol–water partition coefficient (Wildman–Crippen LogP) is 2.63. The fraction of sp³-hybridized carbons (Fsp3) is 0.800. The molecule has 6 nitrogen and oxygen atoms in total. The highest BCUT2D eigenvalue weighted by molar-refractivity contribution is 5.76. The van der Waals surface area contributed by atoms with Crippen LogP contribution in [-0.4, -0.2) is 67.2 Å². The molecule has 1 heterocycles. The third-order valence-electron chi connectivity index (χ3n) is 4.10. The van der Waals surface area contributed by atoms with Gasteiger partial charge >= 0.3 is 6.09 Å². The van der Waals surface area contributed by atoms with Crippen LogP contribution in [0.15, 0.2) is 0 Å². The van der Waals surface area contributed by atoms with E-state index in [4.69, 9.17) is 4.74 Å². The lowest BCUT2D eigenvalue weighted by Crippen LogP contribution is -2.33. The first kappa shape index (κ1) is 22.3. The van der Waals surface area contributed by atoms with Gasteiger partial charge in [0.05, 0.1) is 13.1 Å². The predicted molar refractivity (Wildman–Crippen MR) is 104 cm³/mol. The molecule has 0 aromatic rings. The standard InChI is InChI=1S/C20H35N3O3/c1-20(2,3)26-19(25)21-13-7-5-6-12-18(24)22(4)14-8-9-15-23-16-10-11-17-23/h5-7,10-17H2,1-4H3,(H,21,25). The topological polar surface area (TPSA) is 61.9 Å². The minimum Gasteiger partial charge on any atom is -0.444 e. The average molecular weight is 366 g/mol. The minimum atomic E-state index is -0.474. The van der Waals surface area contributed by atoms with E-state index in [0.717, 1.165) is 38.9 Å². The Hall–Kier alpha value is -1.74. The molecule has 26 heavy (non-hydrogen) atoms. The number of rotatable bonds is 8. The second-order valence-corrected chi connectivity index (χ2v) is 7.83. The number of alkyl carbamates (subject to hydrolysis) is 1. The molecule has 0 saturated carbocycles. The summed E-state index contributed by atoms with van der Waals surface area (Å²) in [6, 6.07) is 0. The summed E-state index contributed by atoms with van der Waals surface area (Å²) in [6.07, 6.45) is 5.24. The van der Waals surface area contributed by atoms with Crippen molar-refractivity contribution in [2.24, 2.45) is 0 Å². The van der Waals surface area contributed by atoms with Crippen LogP contribution in [0.3, 0.4) is 0 Å². The molecule has 0 atom stereocenters. The summed E-state index contributed by atoms with van der Waals surface area (Å²) in [7, 11) is 1.80. The fourth-order valence-corrected chi connectivity index (χ4v) is 2.64. The molecule has 1 fully saturated rings. The van der Waals surface area contributed by atoms with Gasteiger partial charge in [-0.25, -0.2) is 4.79 Å². The quantitative estimate of drug-likeness (QED) is 0.531. The van der Waals surface area contributed by atoms with Gasteiger partial charge in [-0.2, -0.15) is 0 Å². The Bertz CT molecular complexity index is 497. The van der Waals surface area contributed by atoms with Crippen molar-refractivity contribution in [3.8, 4) is 11.8 Å². The summed E-state index contributed by atoms with van der Waals surface area (Å²) in [5, 5.41) is 2.73. The van der Waals surface area contributed by atoms with Crippen molar-refractivity contribution in [3.05, 3.63) is 0 Å². The highest BCUT2D eigenvalue weighted by Crippen LogP contribution is 2.07. The van der Waals surface area contributed by atoms with Gasteiger partial charge in [0, 0.05) is 20.0 Å². The monoisotopic (exact) mass is 365 g/mol. The van der Waals surface area contributed by atoms with Crippen LogP contribution in [-0.2, 0) is 9.53 Å². The van der Waals surface area contributed by atoms with E-state index >= 15 is 0 Å². The van der Waals surface area contributed by atoms with Gasteiger partial charge in [-0.15, -0.1) is 0 Å². The number of amides is 2. The van der Waals surface area contributed by atoms with Crippen LogP contribution < -0.4 is 5.32 Å². The summed E-state index contributed by atoms with van der Waals surface area (Å²) in [5.41, 5.74) is -0.474. The molecule has 1 N–H and O–H groups in total. The highest BCUT2D eigenvalue weighted by atomic mass is 16.6. The second kappa shape index (κ2) is 11.8. The Morgan fingerprint density at radius 2 is 1.81 bits per heavy atom. The Balaban J connectivity index is 2.03. The number of hydrogen-bond acceptors (Lipinski definition) is 4. The zero-order valence-electron chi connectivity index (χ0n) is 16.9. The average Bonchev–Trinajstić information content (AvgIpc) is 3.06. The van der Waals surface area contributed by atoms with Gasteiger partial charge in [0.1, 0.15) is 5.60 Å². The van der Waals surface area contributed by atoms with Crippen LogP contribution in [0.25, 0.3) is 0 Å². The smallest absolute Gasteiger partial charge is 0.407 e. The number of carbonyl (C=O) groups excluding carboxylic acids is 2. The summed E-state index contributed by atoms with van der Waals surface area (Å²) in [6.45, 7) is 9.68. The lowest BCUT2D eigenvalue weighted by molar-refractivity contribution is -0.129. The van der Waals surface area contributed by atoms with Crippen LogP contribution >= 0.6 is 0 Å². The molecule has 1 aliphatic rings. The van der Waals surface area contributed by atoms with E-state index < -0.39 is 5.60 Å². The Morgan fingerprint density at radius 3 is 2.46 bits per heavy atom. The number of hydrogen-bond donors (Lipinski definition) is 1. The maximum atomic E-state index is 12.0. The molecule has 0 aliphatic carbocycles. The van der Waals surface area contributed by atoms with E-state index in [1.165, 1.54) is 12.8 Å². The van der Waals surface area contributed by atoms with E-state index in [2.05, 4.69) is 22.1 Å². The van der Waals surface area contributed by atoms with E-state index in [1.807, 2.05) is 20.8 Å². The van der Waals surface area contributed by atoms with Crippen molar-refractivity contribution >= 4 is 12.0 Å². The third kappa shape index (κ3) is 11.0. The second-order valence-electron chi connectivity index (χ2n) is 7.83. The molecule has 1 rings (SSSR count). The van der Waals surface area contributed by atoms with Crippen molar-refractivity contribution in [2.75, 3.05) is 39.8 Å². The molecule has 1 aliphatic heterocycles. The Morgan fingerprint density at radius 1 is 1.12 bits per heavy atom. The molecule has 0 unspecified atom stereocenters. The number of ether oxygens (including phenoxy) is 1. The minimum absolute atomic E-state index is 0.126. The lowest BCUT2D eigenvalue weighted by Gasteiger charge is -2.19. The molecule has 0 spiro atoms. The van der Waals surface area contributed by atoms with Gasteiger partial charge in [-0.1, -0.05) is 18.3 Å². The van der Waals surface area contributed by atoms with Crippen molar-refractivity contribution in [1.29, 1.82) is 0 Å².